The van der Waals surface area contributed by atoms with Crippen molar-refractivity contribution in [1.29, 1.82) is 0 Å². The molecular weight excluding hydrogens is 200 g/mol. The molecule has 1 fully saturated rings. The molecule has 1 saturated carbocycles. The van der Waals surface area contributed by atoms with Crippen molar-refractivity contribution < 1.29 is 24.0 Å². The van der Waals surface area contributed by atoms with Gasteiger partial charge in [0.05, 0.1) is 0 Å². The average Bonchev–Trinajstić information content (AvgIpc) is 2.23. The summed E-state index contributed by atoms with van der Waals surface area (Å²) in [6.45, 7) is 2.22. The van der Waals surface area contributed by atoms with Crippen LogP contribution in [0.15, 0.2) is 0 Å². The maximum atomic E-state index is 5.74. The van der Waals surface area contributed by atoms with Gasteiger partial charge in [-0.1, -0.05) is 0 Å². The van der Waals surface area contributed by atoms with Crippen LogP contribution in [-0.2, 0) is 24.0 Å². The van der Waals surface area contributed by atoms with Gasteiger partial charge in [0.1, 0.15) is 0 Å². The maximum absolute atomic E-state index is 5.74. The van der Waals surface area contributed by atoms with Crippen LogP contribution in [0.5, 0.6) is 0 Å². The first kappa shape index (κ1) is 11.7. The van der Waals surface area contributed by atoms with E-state index in [4.69, 9.17) is 6.64 Å². The molecule has 0 aromatic rings. The van der Waals surface area contributed by atoms with Crippen LogP contribution >= 0.6 is 0 Å². The van der Waals surface area contributed by atoms with Gasteiger partial charge < -0.3 is 0 Å². The second-order valence-corrected chi connectivity index (χ2v) is 10.1. The molecule has 0 atom stereocenters. The molecule has 0 radical (unpaired) electrons. The first-order valence-corrected chi connectivity index (χ1v) is 8.67. The summed E-state index contributed by atoms with van der Waals surface area (Å²) in [5, 5.41) is 0. The van der Waals surface area contributed by atoms with E-state index in [1.165, 1.54) is 32.1 Å². The Balaban J connectivity index is 2.60. The van der Waals surface area contributed by atoms with Gasteiger partial charge in [-0.3, -0.25) is 0 Å². The summed E-state index contributed by atoms with van der Waals surface area (Å²) in [5.41, 5.74) is 0. The van der Waals surface area contributed by atoms with E-state index in [2.05, 4.69) is 6.92 Å². The number of hydrogen-bond acceptors (Lipinski definition) is 2. The van der Waals surface area contributed by atoms with Gasteiger partial charge in [0, 0.05) is 0 Å². The Bertz CT molecular complexity index is 132. The van der Waals surface area contributed by atoms with Crippen LogP contribution < -0.4 is 0 Å². The third-order valence-electron chi connectivity index (χ3n) is 3.41. The zero-order valence-corrected chi connectivity index (χ0v) is 10.7. The summed E-state index contributed by atoms with van der Waals surface area (Å²) in [5.74, 6) is 0. The predicted molar refractivity (Wildman–Crippen MR) is 51.3 cm³/mol. The molecule has 0 aliphatic heterocycles. The molecule has 0 unspecified atom stereocenters. The minimum atomic E-state index is -2.35. The van der Waals surface area contributed by atoms with Crippen molar-refractivity contribution in [1.82, 2.24) is 0 Å². The van der Waals surface area contributed by atoms with Gasteiger partial charge >= 0.3 is 86.2 Å². The van der Waals surface area contributed by atoms with Crippen molar-refractivity contribution in [3.05, 3.63) is 0 Å². The fourth-order valence-electron chi connectivity index (χ4n) is 2.54. The second kappa shape index (κ2) is 5.50. The third kappa shape index (κ3) is 2.56. The Kier molecular flexibility index (Phi) is 4.95. The molecule has 1 aliphatic carbocycles. The number of hydrogen-bond donors (Lipinski definition) is 0. The van der Waals surface area contributed by atoms with Crippen LogP contribution in [0.2, 0.25) is 8.95 Å². The Morgan fingerprint density at radius 2 is 1.62 bits per heavy atom. The van der Waals surface area contributed by atoms with Crippen molar-refractivity contribution in [2.45, 2.75) is 48.0 Å². The van der Waals surface area contributed by atoms with Crippen molar-refractivity contribution >= 4 is 0 Å². The zero-order chi connectivity index (χ0) is 9.73. The number of rotatable bonds is 4. The fourth-order valence-corrected chi connectivity index (χ4v) is 7.65. The molecule has 0 saturated heterocycles. The summed E-state index contributed by atoms with van der Waals surface area (Å²) < 4.78 is 13.4. The molecule has 13 heavy (non-hydrogen) atoms. The van der Waals surface area contributed by atoms with E-state index >= 15 is 0 Å². The van der Waals surface area contributed by atoms with Crippen LogP contribution in [0, 0.1) is 0 Å². The zero-order valence-electron chi connectivity index (χ0n) is 9.14. The van der Waals surface area contributed by atoms with Gasteiger partial charge in [-0.25, -0.2) is 0 Å². The molecule has 0 bridgehead atoms. The van der Waals surface area contributed by atoms with E-state index in [9.17, 15) is 0 Å². The Morgan fingerprint density at radius 3 is 2.00 bits per heavy atom. The molecule has 3 heteroatoms. The molecule has 78 valence electrons. The van der Waals surface area contributed by atoms with Crippen LogP contribution in [-0.4, -0.2) is 14.2 Å². The van der Waals surface area contributed by atoms with E-state index in [0.29, 0.717) is 0 Å². The average molecular weight is 222 g/mol. The quantitative estimate of drug-likeness (QED) is 0.678. The first-order chi connectivity index (χ1) is 6.29. The molecule has 0 spiro atoms. The van der Waals surface area contributed by atoms with Gasteiger partial charge in [-0.15, -0.1) is 0 Å². The summed E-state index contributed by atoms with van der Waals surface area (Å²) in [6.07, 6.45) is 6.85. The third-order valence-corrected chi connectivity index (χ3v) is 9.95. The van der Waals surface area contributed by atoms with Crippen LogP contribution in [0.4, 0.5) is 0 Å². The molecule has 2 nitrogen and oxygen atoms in total. The van der Waals surface area contributed by atoms with Crippen LogP contribution in [0.3, 0.4) is 0 Å². The molecule has 0 aromatic carbocycles. The van der Waals surface area contributed by atoms with Crippen LogP contribution in [0.1, 0.15) is 39.0 Å². The Hall–Kier alpha value is 0.634. The monoisotopic (exact) mass is 222 g/mol. The van der Waals surface area contributed by atoms with Gasteiger partial charge in [0.2, 0.25) is 0 Å². The molecule has 0 N–H and O–H groups in total. The van der Waals surface area contributed by atoms with E-state index in [-0.39, 0.29) is 0 Å². The van der Waals surface area contributed by atoms with Crippen molar-refractivity contribution in [3.8, 4) is 0 Å². The Labute approximate surface area is 86.3 Å². The van der Waals surface area contributed by atoms with Gasteiger partial charge in [0.25, 0.3) is 0 Å². The van der Waals surface area contributed by atoms with Crippen LogP contribution in [0.25, 0.3) is 0 Å². The summed E-state index contributed by atoms with van der Waals surface area (Å²) in [6, 6.07) is 0. The fraction of sp³-hybridized carbons (Fsp3) is 1.00. The predicted octanol–water partition coefficient (Wildman–Crippen LogP) is 3.45. The summed E-state index contributed by atoms with van der Waals surface area (Å²) >= 11 is -2.35. The first-order valence-electron chi connectivity index (χ1n) is 5.39. The van der Waals surface area contributed by atoms with Gasteiger partial charge in [0.15, 0.2) is 0 Å². The molecule has 0 heterocycles. The van der Waals surface area contributed by atoms with Crippen molar-refractivity contribution in [3.63, 3.8) is 0 Å². The van der Waals surface area contributed by atoms with E-state index in [1.54, 1.807) is 0 Å². The SMILES string of the molecule is C[CH2][Ti]([O]C)([O]C)[CH]1CCCCC1. The molecule has 0 amide bonds. The van der Waals surface area contributed by atoms with Crippen molar-refractivity contribution in [2.75, 3.05) is 14.2 Å². The second-order valence-electron chi connectivity index (χ2n) is 3.91. The molecule has 1 aliphatic rings. The van der Waals surface area contributed by atoms with E-state index in [0.717, 1.165) is 8.95 Å². The van der Waals surface area contributed by atoms with E-state index in [1.807, 2.05) is 14.2 Å². The standard InChI is InChI=1S/C6H11.C2H5.2CH3O.Ti/c1-2-4-6-5-3-1;3*1-2;/h1H,2-6H2;1H2,2H3;2*1H3;/q;;2*-1;+2. The normalized spacial score (nSPS) is 20.5. The molecular formula is C10H22O2Ti. The summed E-state index contributed by atoms with van der Waals surface area (Å²) in [4.78, 5) is 0. The molecule has 1 rings (SSSR count). The van der Waals surface area contributed by atoms with Crippen molar-refractivity contribution in [2.24, 2.45) is 0 Å². The summed E-state index contributed by atoms with van der Waals surface area (Å²) in [7, 11) is 3.70. The van der Waals surface area contributed by atoms with Gasteiger partial charge in [-0.2, -0.15) is 0 Å². The Morgan fingerprint density at radius 1 is 1.08 bits per heavy atom. The minimum absolute atomic E-state index is 0.786. The van der Waals surface area contributed by atoms with Gasteiger partial charge in [-0.05, 0) is 0 Å². The topological polar surface area (TPSA) is 18.5 Å². The van der Waals surface area contributed by atoms with E-state index < -0.39 is 17.4 Å². The molecule has 0 aromatic heterocycles.